The average molecular weight is 132 g/mol. The van der Waals surface area contributed by atoms with Crippen LogP contribution < -0.4 is 5.84 Å². The molecule has 0 heterocycles. The highest BCUT2D eigenvalue weighted by atomic mass is 16.3. The molecule has 0 saturated carbocycles. The van der Waals surface area contributed by atoms with E-state index in [2.05, 4.69) is 0 Å². The van der Waals surface area contributed by atoms with Gasteiger partial charge in [-0.1, -0.05) is 6.92 Å². The summed E-state index contributed by atoms with van der Waals surface area (Å²) in [5, 5.41) is 10.8. The number of rotatable bonds is 3. The molecular weight excluding hydrogens is 116 g/mol. The molecule has 0 aromatic rings. The average Bonchev–Trinajstić information content (AvgIpc) is 1.62. The number of nitrogens with zero attached hydrogens (tertiary/aromatic N) is 1. The molecule has 0 saturated heterocycles. The third-order valence-corrected chi connectivity index (χ3v) is 0.996. The fraction of sp³-hybridized carbons (Fsp3) is 1.00. The minimum atomic E-state index is -0.676. The maximum absolute atomic E-state index is 9.20. The maximum Gasteiger partial charge on any atom is 0.0732 e. The Hall–Kier alpha value is -0.120. The van der Waals surface area contributed by atoms with Crippen molar-refractivity contribution in [2.24, 2.45) is 5.84 Å². The van der Waals surface area contributed by atoms with Crippen molar-refractivity contribution in [1.29, 1.82) is 0 Å². The predicted molar refractivity (Wildman–Crippen MR) is 37.7 cm³/mol. The van der Waals surface area contributed by atoms with Crippen LogP contribution in [-0.4, -0.2) is 28.8 Å². The van der Waals surface area contributed by atoms with Gasteiger partial charge in [0.15, 0.2) is 0 Å². The molecule has 0 amide bonds. The van der Waals surface area contributed by atoms with Crippen LogP contribution in [0.15, 0.2) is 0 Å². The van der Waals surface area contributed by atoms with Crippen LogP contribution >= 0.6 is 0 Å². The quantitative estimate of drug-likeness (QED) is 0.418. The van der Waals surface area contributed by atoms with Crippen LogP contribution in [0.4, 0.5) is 0 Å². The van der Waals surface area contributed by atoms with Gasteiger partial charge in [-0.3, -0.25) is 5.84 Å². The van der Waals surface area contributed by atoms with Gasteiger partial charge >= 0.3 is 0 Å². The fourth-order valence-electron chi connectivity index (χ4n) is 0.609. The van der Waals surface area contributed by atoms with Crippen LogP contribution in [-0.2, 0) is 0 Å². The minimum Gasteiger partial charge on any atom is -0.389 e. The molecule has 0 aliphatic rings. The van der Waals surface area contributed by atoms with Crippen molar-refractivity contribution >= 4 is 0 Å². The summed E-state index contributed by atoms with van der Waals surface area (Å²) in [5.41, 5.74) is -0.676. The van der Waals surface area contributed by atoms with Crippen LogP contribution in [0, 0.1) is 0 Å². The summed E-state index contributed by atoms with van der Waals surface area (Å²) in [6, 6.07) is 0. The van der Waals surface area contributed by atoms with Gasteiger partial charge in [0.2, 0.25) is 0 Å². The van der Waals surface area contributed by atoms with E-state index in [0.717, 1.165) is 6.54 Å². The van der Waals surface area contributed by atoms with Gasteiger partial charge in [-0.25, -0.2) is 5.01 Å². The first-order chi connectivity index (χ1) is 3.95. The second kappa shape index (κ2) is 3.15. The van der Waals surface area contributed by atoms with Gasteiger partial charge in [0, 0.05) is 13.1 Å². The highest BCUT2D eigenvalue weighted by molar-refractivity contribution is 4.67. The maximum atomic E-state index is 9.20. The second-order valence-corrected chi connectivity index (χ2v) is 2.88. The van der Waals surface area contributed by atoms with Crippen molar-refractivity contribution in [1.82, 2.24) is 5.01 Å². The Bertz CT molecular complexity index is 77.6. The smallest absolute Gasteiger partial charge is 0.0732 e. The van der Waals surface area contributed by atoms with Crippen LogP contribution in [0.25, 0.3) is 0 Å². The van der Waals surface area contributed by atoms with Crippen molar-refractivity contribution in [3.05, 3.63) is 0 Å². The summed E-state index contributed by atoms with van der Waals surface area (Å²) < 4.78 is 0. The number of hydrogen-bond acceptors (Lipinski definition) is 3. The summed E-state index contributed by atoms with van der Waals surface area (Å²) in [5.74, 6) is 5.43. The zero-order valence-corrected chi connectivity index (χ0v) is 6.39. The molecule has 0 rings (SSSR count). The third-order valence-electron chi connectivity index (χ3n) is 0.996. The number of aliphatic hydroxyl groups is 1. The molecule has 3 nitrogen and oxygen atoms in total. The van der Waals surface area contributed by atoms with E-state index < -0.39 is 5.60 Å². The highest BCUT2D eigenvalue weighted by Crippen LogP contribution is 2.00. The summed E-state index contributed by atoms with van der Waals surface area (Å²) in [4.78, 5) is 0. The van der Waals surface area contributed by atoms with Gasteiger partial charge in [-0.15, -0.1) is 0 Å². The minimum absolute atomic E-state index is 0.517. The summed E-state index contributed by atoms with van der Waals surface area (Å²) >= 11 is 0. The third kappa shape index (κ3) is 5.76. The highest BCUT2D eigenvalue weighted by Gasteiger charge is 2.14. The van der Waals surface area contributed by atoms with Gasteiger partial charge < -0.3 is 5.11 Å². The molecule has 0 aliphatic carbocycles. The molecule has 0 aromatic heterocycles. The van der Waals surface area contributed by atoms with Crippen molar-refractivity contribution in [3.8, 4) is 0 Å². The van der Waals surface area contributed by atoms with Crippen molar-refractivity contribution in [2.45, 2.75) is 26.4 Å². The number of likely N-dealkylation sites (N-methyl/N-ethyl adjacent to an activating group) is 1. The van der Waals surface area contributed by atoms with E-state index in [1.165, 1.54) is 0 Å². The van der Waals surface area contributed by atoms with Gasteiger partial charge in [0.25, 0.3) is 0 Å². The molecule has 0 aliphatic heterocycles. The molecule has 0 spiro atoms. The molecular formula is C6H16N2O. The lowest BCUT2D eigenvalue weighted by Crippen LogP contribution is -2.42. The molecule has 0 atom stereocenters. The molecule has 0 radical (unpaired) electrons. The first kappa shape index (κ1) is 8.88. The molecule has 0 aromatic carbocycles. The van der Waals surface area contributed by atoms with E-state index in [0.29, 0.717) is 6.54 Å². The van der Waals surface area contributed by atoms with Crippen LogP contribution in [0.1, 0.15) is 20.8 Å². The topological polar surface area (TPSA) is 49.5 Å². The summed E-state index contributed by atoms with van der Waals surface area (Å²) in [6.45, 7) is 6.71. The Labute approximate surface area is 56.4 Å². The Morgan fingerprint density at radius 2 is 2.00 bits per heavy atom. The molecule has 56 valence electrons. The number of hydrogen-bond donors (Lipinski definition) is 2. The SMILES string of the molecule is CCN(N)CC(C)(C)O. The lowest BCUT2D eigenvalue weighted by Gasteiger charge is -2.23. The first-order valence-electron chi connectivity index (χ1n) is 3.17. The standard InChI is InChI=1S/C6H16N2O/c1-4-8(7)5-6(2,3)9/h9H,4-5,7H2,1-3H3. The van der Waals surface area contributed by atoms with Crippen molar-refractivity contribution < 1.29 is 5.11 Å². The molecule has 0 fully saturated rings. The Kier molecular flexibility index (Phi) is 3.11. The van der Waals surface area contributed by atoms with Gasteiger partial charge in [0.05, 0.1) is 5.60 Å². The zero-order chi connectivity index (χ0) is 7.49. The van der Waals surface area contributed by atoms with Gasteiger partial charge in [-0.2, -0.15) is 0 Å². The molecule has 0 bridgehead atoms. The second-order valence-electron chi connectivity index (χ2n) is 2.88. The summed E-state index contributed by atoms with van der Waals surface area (Å²) in [6.07, 6.45) is 0. The van der Waals surface area contributed by atoms with E-state index in [1.54, 1.807) is 18.9 Å². The number of nitrogens with two attached hydrogens (primary N) is 1. The van der Waals surface area contributed by atoms with E-state index >= 15 is 0 Å². The van der Waals surface area contributed by atoms with E-state index in [9.17, 15) is 5.11 Å². The number of hydrazine groups is 1. The lowest BCUT2D eigenvalue weighted by atomic mass is 10.1. The largest absolute Gasteiger partial charge is 0.389 e. The Morgan fingerprint density at radius 1 is 1.56 bits per heavy atom. The molecule has 9 heavy (non-hydrogen) atoms. The zero-order valence-electron chi connectivity index (χ0n) is 6.39. The molecule has 3 heteroatoms. The van der Waals surface area contributed by atoms with E-state index in [-0.39, 0.29) is 0 Å². The Morgan fingerprint density at radius 3 is 2.11 bits per heavy atom. The van der Waals surface area contributed by atoms with Gasteiger partial charge in [0.1, 0.15) is 0 Å². The first-order valence-corrected chi connectivity index (χ1v) is 3.17. The van der Waals surface area contributed by atoms with Crippen molar-refractivity contribution in [2.75, 3.05) is 13.1 Å². The van der Waals surface area contributed by atoms with E-state index in [1.807, 2.05) is 6.92 Å². The lowest BCUT2D eigenvalue weighted by molar-refractivity contribution is 0.0379. The normalized spacial score (nSPS) is 12.7. The molecule has 0 unspecified atom stereocenters. The fourth-order valence-corrected chi connectivity index (χ4v) is 0.609. The Balaban J connectivity index is 3.47. The predicted octanol–water partition coefficient (Wildman–Crippen LogP) is -0.0471. The van der Waals surface area contributed by atoms with Crippen molar-refractivity contribution in [3.63, 3.8) is 0 Å². The van der Waals surface area contributed by atoms with Crippen LogP contribution in [0.3, 0.4) is 0 Å². The van der Waals surface area contributed by atoms with Crippen LogP contribution in [0.2, 0.25) is 0 Å². The monoisotopic (exact) mass is 132 g/mol. The van der Waals surface area contributed by atoms with E-state index in [4.69, 9.17) is 5.84 Å². The van der Waals surface area contributed by atoms with Crippen LogP contribution in [0.5, 0.6) is 0 Å². The molecule has 3 N–H and O–H groups in total. The summed E-state index contributed by atoms with van der Waals surface area (Å²) in [7, 11) is 0. The van der Waals surface area contributed by atoms with Gasteiger partial charge in [-0.05, 0) is 13.8 Å².